The minimum absolute atomic E-state index is 0.0106. The van der Waals surface area contributed by atoms with Crippen molar-refractivity contribution in [1.82, 2.24) is 39.2 Å². The number of carbonyl (C=O) groups excluding carboxylic acids is 1. The Balaban J connectivity index is 1.14. The van der Waals surface area contributed by atoms with Crippen LogP contribution in [0.4, 0.5) is 20.4 Å². The molecular weight excluding hydrogens is 602 g/mol. The summed E-state index contributed by atoms with van der Waals surface area (Å²) in [6.45, 7) is 0.466. The van der Waals surface area contributed by atoms with E-state index in [9.17, 15) is 13.6 Å². The first-order valence-electron chi connectivity index (χ1n) is 15.8. The van der Waals surface area contributed by atoms with Gasteiger partial charge in [-0.3, -0.25) is 4.79 Å². The summed E-state index contributed by atoms with van der Waals surface area (Å²) >= 11 is 0. The third-order valence-electron chi connectivity index (χ3n) is 9.98. The van der Waals surface area contributed by atoms with Gasteiger partial charge in [0.25, 0.3) is 0 Å². The molecule has 4 aromatic heterocycles. The summed E-state index contributed by atoms with van der Waals surface area (Å²) < 4.78 is 32.1. The van der Waals surface area contributed by atoms with Crippen molar-refractivity contribution in [2.24, 2.45) is 0 Å². The molecule has 3 aliphatic rings. The van der Waals surface area contributed by atoms with Gasteiger partial charge in [-0.05, 0) is 56.0 Å². The van der Waals surface area contributed by atoms with Crippen molar-refractivity contribution in [1.29, 1.82) is 0 Å². The number of benzene rings is 2. The molecule has 6 heterocycles. The Morgan fingerprint density at radius 1 is 0.957 bits per heavy atom. The lowest BCUT2D eigenvalue weighted by Crippen LogP contribution is -2.47. The van der Waals surface area contributed by atoms with Crippen LogP contribution in [0.5, 0.6) is 0 Å². The molecule has 4 atom stereocenters. The number of hydrogen-bond acceptors (Lipinski definition) is 8. The molecule has 47 heavy (non-hydrogen) atoms. The van der Waals surface area contributed by atoms with Gasteiger partial charge < -0.3 is 19.7 Å². The topological polar surface area (TPSA) is 110 Å². The lowest BCUT2D eigenvalue weighted by atomic mass is 10.1. The second-order valence-corrected chi connectivity index (χ2v) is 12.6. The van der Waals surface area contributed by atoms with Gasteiger partial charge in [-0.2, -0.15) is 5.10 Å². The quantitative estimate of drug-likeness (QED) is 0.280. The maximum Gasteiger partial charge on any atom is 0.245 e. The number of amides is 1. The van der Waals surface area contributed by atoms with Crippen LogP contribution in [0.25, 0.3) is 39.0 Å². The normalized spacial score (nSPS) is 22.5. The molecule has 1 saturated carbocycles. The van der Waals surface area contributed by atoms with E-state index in [0.717, 1.165) is 47.6 Å². The average Bonchev–Trinajstić information content (AvgIpc) is 3.89. The largest absolute Gasteiger partial charge is 0.365 e. The molecule has 6 aromatic rings. The van der Waals surface area contributed by atoms with Crippen LogP contribution < -0.4 is 10.2 Å². The van der Waals surface area contributed by atoms with Crippen molar-refractivity contribution in [3.8, 4) is 16.9 Å². The predicted molar refractivity (Wildman–Crippen MR) is 172 cm³/mol. The van der Waals surface area contributed by atoms with E-state index < -0.39 is 17.7 Å². The van der Waals surface area contributed by atoms with Crippen LogP contribution >= 0.6 is 0 Å². The summed E-state index contributed by atoms with van der Waals surface area (Å²) in [5.41, 5.74) is 4.29. The molecule has 2 fully saturated rings. The first kappa shape index (κ1) is 27.8. The number of pyridine rings is 1. The van der Waals surface area contributed by atoms with Crippen molar-refractivity contribution in [3.63, 3.8) is 0 Å². The Labute approximate surface area is 267 Å². The predicted octanol–water partition coefficient (Wildman–Crippen LogP) is 5.13. The fourth-order valence-electron chi connectivity index (χ4n) is 7.70. The molecular formula is C34H30F2N10O. The Kier molecular flexibility index (Phi) is 6.24. The highest BCUT2D eigenvalue weighted by Gasteiger charge is 2.43. The van der Waals surface area contributed by atoms with E-state index in [1.165, 1.54) is 23.1 Å². The highest BCUT2D eigenvalue weighted by atomic mass is 19.1. The zero-order valence-corrected chi connectivity index (χ0v) is 25.5. The number of hydrogen-bond donors (Lipinski definition) is 1. The third-order valence-corrected chi connectivity index (χ3v) is 9.98. The number of nitrogens with one attached hydrogen (secondary N) is 1. The number of nitrogens with zero attached hydrogens (tertiary/aromatic N) is 9. The smallest absolute Gasteiger partial charge is 0.245 e. The minimum Gasteiger partial charge on any atom is -0.365 e. The molecule has 0 unspecified atom stereocenters. The van der Waals surface area contributed by atoms with Crippen LogP contribution in [-0.4, -0.2) is 76.8 Å². The molecule has 1 aliphatic carbocycles. The van der Waals surface area contributed by atoms with Gasteiger partial charge in [-0.25, -0.2) is 33.4 Å². The fraction of sp³-hybridized carbons (Fsp3) is 0.294. The Bertz CT molecular complexity index is 2200. The highest BCUT2D eigenvalue weighted by Crippen LogP contribution is 2.39. The molecule has 13 heteroatoms. The molecule has 9 rings (SSSR count). The Hall–Kier alpha value is -5.46. The van der Waals surface area contributed by atoms with Crippen molar-refractivity contribution < 1.29 is 13.6 Å². The van der Waals surface area contributed by atoms with E-state index in [1.54, 1.807) is 6.20 Å². The van der Waals surface area contributed by atoms with Gasteiger partial charge >= 0.3 is 0 Å². The molecule has 0 radical (unpaired) electrons. The fourth-order valence-corrected chi connectivity index (χ4v) is 7.70. The number of para-hydroxylation sites is 1. The lowest BCUT2D eigenvalue weighted by molar-refractivity contribution is -0.133. The number of aromatic nitrogens is 7. The number of fused-ring (bicyclic) bond motifs is 9. The number of rotatable bonds is 2. The van der Waals surface area contributed by atoms with Crippen LogP contribution in [0.15, 0.2) is 73.4 Å². The van der Waals surface area contributed by atoms with Crippen molar-refractivity contribution >= 4 is 39.6 Å². The number of imidazole rings is 1. The van der Waals surface area contributed by atoms with E-state index in [4.69, 9.17) is 9.97 Å². The van der Waals surface area contributed by atoms with Crippen LogP contribution in [0, 0.1) is 11.6 Å². The van der Waals surface area contributed by atoms with Gasteiger partial charge in [-0.15, -0.1) is 0 Å². The molecule has 6 bridgehead atoms. The van der Waals surface area contributed by atoms with Crippen molar-refractivity contribution in [2.45, 2.75) is 49.9 Å². The van der Waals surface area contributed by atoms with Crippen LogP contribution in [-0.2, 0) is 4.79 Å². The zero-order chi connectivity index (χ0) is 31.8. The molecule has 11 nitrogen and oxygen atoms in total. The van der Waals surface area contributed by atoms with Gasteiger partial charge in [0, 0.05) is 43.3 Å². The molecule has 0 spiro atoms. The second-order valence-electron chi connectivity index (χ2n) is 12.6. The third kappa shape index (κ3) is 4.43. The van der Waals surface area contributed by atoms with E-state index in [0.29, 0.717) is 35.6 Å². The van der Waals surface area contributed by atoms with Gasteiger partial charge in [0.05, 0.1) is 34.6 Å². The minimum atomic E-state index is -0.757. The van der Waals surface area contributed by atoms with E-state index in [2.05, 4.69) is 31.0 Å². The maximum atomic E-state index is 14.8. The standard InChI is InChI=1S/C34H30F2N10O/c1-43-21-9-10-22(14-21)45-18-39-27-6-2-4-23(31(27)45)26-5-3-7-30(42-26)41-20-13-29(34(43)47)44(16-20)32-24-15-40-46(33(24)38-17-37-32)28-11-8-19(35)12-25(28)36/h2-8,11-12,15,17-18,20-22,29H,9-10,13-14,16H2,1H3,(H,41,42)/t20-,21+,22+,29-/m0/s1. The van der Waals surface area contributed by atoms with Gasteiger partial charge in [0.15, 0.2) is 11.5 Å². The molecule has 1 amide bonds. The number of anilines is 2. The first-order valence-corrected chi connectivity index (χ1v) is 15.8. The Morgan fingerprint density at radius 2 is 1.83 bits per heavy atom. The highest BCUT2D eigenvalue weighted by molar-refractivity contribution is 5.93. The Morgan fingerprint density at radius 3 is 2.72 bits per heavy atom. The van der Waals surface area contributed by atoms with Gasteiger partial charge in [0.1, 0.15) is 35.5 Å². The van der Waals surface area contributed by atoms with Gasteiger partial charge in [-0.1, -0.05) is 18.2 Å². The van der Waals surface area contributed by atoms with Crippen LogP contribution in [0.2, 0.25) is 0 Å². The lowest BCUT2D eigenvalue weighted by Gasteiger charge is -2.32. The monoisotopic (exact) mass is 632 g/mol. The summed E-state index contributed by atoms with van der Waals surface area (Å²) in [7, 11) is 1.90. The van der Waals surface area contributed by atoms with Crippen LogP contribution in [0.3, 0.4) is 0 Å². The summed E-state index contributed by atoms with van der Waals surface area (Å²) in [5, 5.41) is 8.56. The van der Waals surface area contributed by atoms with Crippen molar-refractivity contribution in [3.05, 3.63) is 85.1 Å². The number of halogens is 2. The molecule has 1 saturated heterocycles. The maximum absolute atomic E-state index is 14.8. The van der Waals surface area contributed by atoms with E-state index in [-0.39, 0.29) is 29.7 Å². The first-order chi connectivity index (χ1) is 22.9. The second kappa shape index (κ2) is 10.5. The van der Waals surface area contributed by atoms with Gasteiger partial charge in [0.2, 0.25) is 5.91 Å². The molecule has 2 aliphatic heterocycles. The molecule has 236 valence electrons. The number of likely N-dealkylation sites (N-methyl/N-ethyl adjacent to an activating group) is 1. The molecule has 2 aromatic carbocycles. The number of carbonyl (C=O) groups is 1. The summed E-state index contributed by atoms with van der Waals surface area (Å²) in [6.07, 6.45) is 8.04. The average molecular weight is 633 g/mol. The van der Waals surface area contributed by atoms with E-state index >= 15 is 0 Å². The summed E-state index contributed by atoms with van der Waals surface area (Å²) in [4.78, 5) is 37.2. The summed E-state index contributed by atoms with van der Waals surface area (Å²) in [6, 6.07) is 15.0. The van der Waals surface area contributed by atoms with Crippen molar-refractivity contribution in [2.75, 3.05) is 23.8 Å². The van der Waals surface area contributed by atoms with E-state index in [1.807, 2.05) is 53.5 Å². The SMILES string of the molecule is CN1C(=O)[C@@H]2C[C@@H](CN2c2ncnc3c2cnn3-c2ccc(F)cc2F)Nc2cccc(n2)-c2cccc3ncn(c23)[C@@H]2CC[C@@H]1C2. The zero-order valence-electron chi connectivity index (χ0n) is 25.5. The molecule has 1 N–H and O–H groups in total. The van der Waals surface area contributed by atoms with Crippen LogP contribution in [0.1, 0.15) is 31.7 Å². The summed E-state index contributed by atoms with van der Waals surface area (Å²) in [5.74, 6) is -0.188.